The molecule has 3 aromatic rings. The van der Waals surface area contributed by atoms with Crippen molar-refractivity contribution in [1.29, 1.82) is 10.8 Å². The van der Waals surface area contributed by atoms with Crippen molar-refractivity contribution in [3.05, 3.63) is 71.9 Å². The van der Waals surface area contributed by atoms with Crippen LogP contribution in [0.15, 0.2) is 60.8 Å². The van der Waals surface area contributed by atoms with Crippen LogP contribution in [0.1, 0.15) is 267 Å². The van der Waals surface area contributed by atoms with Gasteiger partial charge in [0, 0.05) is 81.8 Å². The summed E-state index contributed by atoms with van der Waals surface area (Å²) in [5.41, 5.74) is 17.8. The number of fused-ring (bicyclic) bond motifs is 1. The van der Waals surface area contributed by atoms with E-state index in [1.807, 2.05) is 0 Å². The summed E-state index contributed by atoms with van der Waals surface area (Å²) in [6, 6.07) is -3.13. The van der Waals surface area contributed by atoms with Gasteiger partial charge in [0.25, 0.3) is 0 Å². The number of carbonyl (C=O) groups is 19. The fourth-order valence-electron chi connectivity index (χ4n) is 15.6. The van der Waals surface area contributed by atoms with E-state index in [1.54, 1.807) is 102 Å². The van der Waals surface area contributed by atoms with Crippen LogP contribution in [-0.4, -0.2) is 264 Å². The number of aromatic amines is 1. The molecule has 0 spiro atoms. The molecular weight excluding hydrogens is 1880 g/mol. The van der Waals surface area contributed by atoms with E-state index in [4.69, 9.17) is 33.1 Å². The van der Waals surface area contributed by atoms with Gasteiger partial charge < -0.3 is 133 Å². The molecule has 0 bridgehead atoms. The second kappa shape index (κ2) is 70.2. The van der Waals surface area contributed by atoms with E-state index in [-0.39, 0.29) is 140 Å². The van der Waals surface area contributed by atoms with Gasteiger partial charge in [-0.25, -0.2) is 0 Å². The van der Waals surface area contributed by atoms with Crippen molar-refractivity contribution in [3.63, 3.8) is 0 Å². The quantitative estimate of drug-likeness (QED) is 0.0211. The standard InChI is InChI=1S/C99H163N25O21/c1-12-14-15-16-17-18-19-20-21-22-23-24-28-43-78(126)107-50-35-44-79(127)106-49-32-31-40-72(117-86(134)63(9)113-85(133)62(8)114-90(138)69(105-11)45-47-77(100)125)91(139)118-73(46-48-81(129)130)92(140)122-75(54-65-36-26-25-27-37-65)95(143)124-84(61(7)13-2)97(145)115-64(10)87(135)120-76(55-66-56-110-68-39-30-29-38-67(66)68)93(141)121-74(53-59(3)4)94(142)123-83(60(5)6)96(144)119-71(42-34-52-109-99(103)104)89(137)111-57-80(128)116-70(41-33-51-108-98(101)102)88(136)112-58-82(131)132/h25-27,29-30,36-39,56,59-64,69-76,83-84,105,110H,12-24,28,31-35,40-55,57-58H2,1-11H3,(H2,100,125)(H,106,127)(H,107,126)(H,111,137)(H,112,136)(H,113,133)(H,114,138)(H,115,145)(H,116,128)(H,117,134)(H,118,139)(H,119,144)(H,120,135)(H,121,141)(H,122,140)(H,123,142)(H,124,143)(H,129,130)(H,131,132)(H4,101,102,108)(H4,103,104,109). The number of carbonyl (C=O) groups excluding carboxylic acids is 17. The number of aromatic nitrogens is 1. The lowest BCUT2D eigenvalue weighted by molar-refractivity contribution is -0.139. The van der Waals surface area contributed by atoms with Crippen LogP contribution in [0.5, 0.6) is 0 Å². The number of hydrogen-bond donors (Lipinski definition) is 27. The van der Waals surface area contributed by atoms with Crippen molar-refractivity contribution in [2.24, 2.45) is 35.0 Å². The number of H-pyrrole nitrogens is 1. The number of nitrogens with two attached hydrogens (primary N) is 3. The molecule has 14 atom stereocenters. The average molecular weight is 2040 g/mol. The summed E-state index contributed by atoms with van der Waals surface area (Å²) in [4.78, 5) is 264. The Morgan fingerprint density at radius 2 is 0.752 bits per heavy atom. The number of carboxylic acids is 2. The predicted molar refractivity (Wildman–Crippen MR) is 546 cm³/mol. The van der Waals surface area contributed by atoms with Gasteiger partial charge in [0.05, 0.1) is 12.6 Å². The number of carboxylic acid groups (broad SMARTS) is 2. The predicted octanol–water partition coefficient (Wildman–Crippen LogP) is 0.805. The molecule has 810 valence electrons. The first-order chi connectivity index (χ1) is 68.9. The second-order valence-electron chi connectivity index (χ2n) is 37.5. The number of rotatable bonds is 76. The Hall–Kier alpha value is -13.6. The van der Waals surface area contributed by atoms with Crippen molar-refractivity contribution in [3.8, 4) is 0 Å². The second-order valence-corrected chi connectivity index (χ2v) is 37.5. The number of para-hydroxylation sites is 1. The molecule has 1 aromatic heterocycles. The van der Waals surface area contributed by atoms with Gasteiger partial charge in [0.1, 0.15) is 79.0 Å². The minimum atomic E-state index is -1.75. The summed E-state index contributed by atoms with van der Waals surface area (Å²) in [7, 11) is 1.47. The maximum atomic E-state index is 15.1. The van der Waals surface area contributed by atoms with E-state index in [9.17, 15) is 86.6 Å². The Labute approximate surface area is 849 Å². The summed E-state index contributed by atoms with van der Waals surface area (Å²) in [5.74, 6) is -18.9. The van der Waals surface area contributed by atoms with Crippen LogP contribution < -0.4 is 118 Å². The van der Waals surface area contributed by atoms with Crippen LogP contribution >= 0.6 is 0 Å². The van der Waals surface area contributed by atoms with E-state index < -0.39 is 223 Å². The molecule has 46 nitrogen and oxygen atoms in total. The SMILES string of the molecule is CCCCCCCCCCCCCCCC(=O)NCCCC(=O)NCCCCC(NC(=O)C(C)NC(=O)C(C)NC(=O)C(CCC(N)=O)NC)C(=O)NC(CCC(=O)O)C(=O)NC(Cc1ccccc1)C(=O)NC(C(=O)NC(C)C(=O)NC(Cc1c[nH]c2ccccc12)C(=O)NC(CC(C)C)C(=O)NC(C(=O)NC(CCCNC(=N)N)C(=O)NCC(=O)NC(CCCNC(=N)N)C(=O)NCC(=O)O)C(C)C)C(C)CC. The lowest BCUT2D eigenvalue weighted by atomic mass is 9.96. The fourth-order valence-corrected chi connectivity index (χ4v) is 15.6. The number of likely N-dealkylation sites (N-methyl/N-ethyl adjacent to an activating group) is 1. The Morgan fingerprint density at radius 3 is 1.29 bits per heavy atom. The number of amides is 17. The van der Waals surface area contributed by atoms with Gasteiger partial charge in [0.15, 0.2) is 11.9 Å². The van der Waals surface area contributed by atoms with Crippen LogP contribution in [0.4, 0.5) is 0 Å². The minimum absolute atomic E-state index is 0.00926. The van der Waals surface area contributed by atoms with E-state index in [2.05, 4.69) is 113 Å². The smallest absolute Gasteiger partial charge is 0.322 e. The lowest BCUT2D eigenvalue weighted by Gasteiger charge is -2.30. The van der Waals surface area contributed by atoms with Crippen LogP contribution in [0, 0.1) is 28.6 Å². The van der Waals surface area contributed by atoms with Crippen LogP contribution in [0.2, 0.25) is 0 Å². The third-order valence-corrected chi connectivity index (χ3v) is 24.3. The van der Waals surface area contributed by atoms with Crippen molar-refractivity contribution >= 4 is 135 Å². The minimum Gasteiger partial charge on any atom is -0.481 e. The van der Waals surface area contributed by atoms with Crippen molar-refractivity contribution in [1.82, 2.24) is 106 Å². The Kier molecular flexibility index (Phi) is 60.8. The highest BCUT2D eigenvalue weighted by molar-refractivity contribution is 6.01. The molecule has 1 heterocycles. The summed E-state index contributed by atoms with van der Waals surface area (Å²) >= 11 is 0. The van der Waals surface area contributed by atoms with Gasteiger partial charge in [-0.05, 0) is 140 Å². The molecule has 0 fully saturated rings. The van der Waals surface area contributed by atoms with Gasteiger partial charge >= 0.3 is 11.9 Å². The normalized spacial score (nSPS) is 14.0. The molecule has 2 aromatic carbocycles. The van der Waals surface area contributed by atoms with Gasteiger partial charge in [0.2, 0.25) is 100 Å². The molecule has 0 aliphatic rings. The Morgan fingerprint density at radius 1 is 0.345 bits per heavy atom. The summed E-state index contributed by atoms with van der Waals surface area (Å²) < 4.78 is 0. The third-order valence-electron chi connectivity index (χ3n) is 24.3. The van der Waals surface area contributed by atoms with Crippen molar-refractivity contribution < 1.29 is 101 Å². The average Bonchev–Trinajstić information content (AvgIpc) is 1.70. The topological polar surface area (TPSA) is 735 Å². The zero-order chi connectivity index (χ0) is 108. The van der Waals surface area contributed by atoms with Gasteiger partial charge in [-0.2, -0.15) is 0 Å². The molecule has 0 saturated carbocycles. The summed E-state index contributed by atoms with van der Waals surface area (Å²) in [5, 5.41) is 84.6. The van der Waals surface area contributed by atoms with Gasteiger partial charge in [-0.1, -0.05) is 180 Å². The molecule has 46 heteroatoms. The van der Waals surface area contributed by atoms with E-state index in [0.717, 1.165) is 25.7 Å². The monoisotopic (exact) mass is 2040 g/mol. The van der Waals surface area contributed by atoms with Crippen molar-refractivity contribution in [2.75, 3.05) is 46.3 Å². The molecule has 0 saturated heterocycles. The lowest BCUT2D eigenvalue weighted by Crippen LogP contribution is -2.61. The van der Waals surface area contributed by atoms with E-state index >= 15 is 9.59 Å². The highest BCUT2D eigenvalue weighted by Crippen LogP contribution is 2.22. The molecule has 3 rings (SSSR count). The molecule has 145 heavy (non-hydrogen) atoms. The molecule has 0 aliphatic heterocycles. The zero-order valence-corrected chi connectivity index (χ0v) is 86.1. The zero-order valence-electron chi connectivity index (χ0n) is 86.1. The van der Waals surface area contributed by atoms with E-state index in [0.29, 0.717) is 34.9 Å². The van der Waals surface area contributed by atoms with Crippen molar-refractivity contribution in [2.45, 2.75) is 347 Å². The van der Waals surface area contributed by atoms with Crippen LogP contribution in [0.25, 0.3) is 10.9 Å². The number of hydrogen-bond acceptors (Lipinski definition) is 22. The third kappa shape index (κ3) is 52.5. The fraction of sp³-hybridized carbons (Fsp3) is 0.646. The number of primary amides is 1. The molecule has 17 amide bonds. The molecule has 0 aliphatic carbocycles. The number of guanidine groups is 2. The largest absolute Gasteiger partial charge is 0.481 e. The molecule has 14 unspecified atom stereocenters. The first-order valence-electron chi connectivity index (χ1n) is 50.7. The molecule has 30 N–H and O–H groups in total. The number of aliphatic carboxylic acids is 2. The maximum Gasteiger partial charge on any atom is 0.322 e. The number of nitrogens with one attached hydrogen (secondary N) is 22. The summed E-state index contributed by atoms with van der Waals surface area (Å²) in [6.45, 7) is 15.3. The van der Waals surface area contributed by atoms with Gasteiger partial charge in [-0.3, -0.25) is 102 Å². The Bertz CT molecular complexity index is 4670. The number of unbranched alkanes of at least 4 members (excludes halogenated alkanes) is 13. The Balaban J connectivity index is 1.94. The van der Waals surface area contributed by atoms with E-state index in [1.165, 1.54) is 85.6 Å². The van der Waals surface area contributed by atoms with Gasteiger partial charge in [-0.15, -0.1) is 0 Å². The molecule has 0 radical (unpaired) electrons. The highest BCUT2D eigenvalue weighted by atomic mass is 16.4. The highest BCUT2D eigenvalue weighted by Gasteiger charge is 2.39. The summed E-state index contributed by atoms with van der Waals surface area (Å²) in [6.07, 6.45) is 16.4. The maximum absolute atomic E-state index is 15.1. The van der Waals surface area contributed by atoms with Crippen LogP contribution in [-0.2, 0) is 104 Å². The number of benzene rings is 2. The first kappa shape index (κ1) is 126. The van der Waals surface area contributed by atoms with Crippen LogP contribution in [0.3, 0.4) is 0 Å². The first-order valence-corrected chi connectivity index (χ1v) is 50.7. The molecular formula is C99H163N25O21.